The van der Waals surface area contributed by atoms with Crippen molar-refractivity contribution in [1.29, 1.82) is 0 Å². The van der Waals surface area contributed by atoms with Crippen LogP contribution in [0.2, 0.25) is 0 Å². The van der Waals surface area contributed by atoms with Gasteiger partial charge in [-0.25, -0.2) is 13.8 Å². The summed E-state index contributed by atoms with van der Waals surface area (Å²) in [6, 6.07) is 7.61. The molecule has 1 heterocycles. The lowest BCUT2D eigenvalue weighted by molar-refractivity contribution is 0.507. The van der Waals surface area contributed by atoms with Crippen molar-refractivity contribution in [2.45, 2.75) is 13.5 Å². The fourth-order valence-corrected chi connectivity index (χ4v) is 1.41. The fraction of sp³-hybridized carbons (Fsp3) is 0.154. The average molecular weight is 234 g/mol. The van der Waals surface area contributed by atoms with Gasteiger partial charge in [0, 0.05) is 12.7 Å². The summed E-state index contributed by atoms with van der Waals surface area (Å²) in [5, 5.41) is 3.03. The minimum atomic E-state index is -0.832. The number of nitrogens with zero attached hydrogens (tertiary/aromatic N) is 1. The van der Waals surface area contributed by atoms with Crippen molar-refractivity contribution < 1.29 is 8.78 Å². The summed E-state index contributed by atoms with van der Waals surface area (Å²) in [7, 11) is 0. The Morgan fingerprint density at radius 2 is 1.94 bits per heavy atom. The Bertz CT molecular complexity index is 509. The lowest BCUT2D eigenvalue weighted by Gasteiger charge is -2.06. The van der Waals surface area contributed by atoms with E-state index in [9.17, 15) is 8.78 Å². The molecule has 0 radical (unpaired) electrons. The van der Waals surface area contributed by atoms with E-state index in [2.05, 4.69) is 10.3 Å². The number of pyridine rings is 1. The van der Waals surface area contributed by atoms with Crippen molar-refractivity contribution >= 4 is 5.82 Å². The Balaban J connectivity index is 2.02. The van der Waals surface area contributed by atoms with E-state index in [1.807, 2.05) is 19.1 Å². The number of hydrogen-bond acceptors (Lipinski definition) is 2. The van der Waals surface area contributed by atoms with Gasteiger partial charge in [0.15, 0.2) is 11.6 Å². The molecule has 0 aliphatic heterocycles. The fourth-order valence-electron chi connectivity index (χ4n) is 1.41. The highest BCUT2D eigenvalue weighted by Crippen LogP contribution is 2.11. The SMILES string of the molecule is Cc1ccc(NCc2ccc(F)c(F)c2)nc1. The molecule has 2 nitrogen and oxygen atoms in total. The Labute approximate surface area is 98.3 Å². The van der Waals surface area contributed by atoms with Gasteiger partial charge in [0.05, 0.1) is 0 Å². The maximum atomic E-state index is 12.9. The Morgan fingerprint density at radius 1 is 1.12 bits per heavy atom. The van der Waals surface area contributed by atoms with E-state index in [0.717, 1.165) is 11.6 Å². The van der Waals surface area contributed by atoms with Crippen molar-refractivity contribution in [3.8, 4) is 0 Å². The highest BCUT2D eigenvalue weighted by Gasteiger charge is 2.02. The highest BCUT2D eigenvalue weighted by molar-refractivity contribution is 5.36. The minimum absolute atomic E-state index is 0.410. The molecule has 0 aliphatic rings. The standard InChI is InChI=1S/C13H12F2N2/c1-9-2-5-13(16-7-9)17-8-10-3-4-11(14)12(15)6-10/h2-7H,8H2,1H3,(H,16,17). The monoisotopic (exact) mass is 234 g/mol. The normalized spacial score (nSPS) is 10.3. The predicted molar refractivity (Wildman–Crippen MR) is 62.7 cm³/mol. The van der Waals surface area contributed by atoms with Crippen LogP contribution in [0.4, 0.5) is 14.6 Å². The smallest absolute Gasteiger partial charge is 0.159 e. The van der Waals surface area contributed by atoms with Crippen LogP contribution < -0.4 is 5.32 Å². The van der Waals surface area contributed by atoms with Gasteiger partial charge < -0.3 is 5.32 Å². The van der Waals surface area contributed by atoms with E-state index in [-0.39, 0.29) is 0 Å². The van der Waals surface area contributed by atoms with Gasteiger partial charge >= 0.3 is 0 Å². The molecule has 1 aromatic carbocycles. The molecule has 88 valence electrons. The highest BCUT2D eigenvalue weighted by atomic mass is 19.2. The summed E-state index contributed by atoms with van der Waals surface area (Å²) in [5.41, 5.74) is 1.75. The molecule has 0 aliphatic carbocycles. The second-order valence-electron chi connectivity index (χ2n) is 3.82. The Kier molecular flexibility index (Phi) is 3.32. The van der Waals surface area contributed by atoms with E-state index < -0.39 is 11.6 Å². The van der Waals surface area contributed by atoms with Crippen molar-refractivity contribution in [2.75, 3.05) is 5.32 Å². The van der Waals surface area contributed by atoms with Crippen LogP contribution in [0.25, 0.3) is 0 Å². The van der Waals surface area contributed by atoms with Crippen molar-refractivity contribution in [3.05, 3.63) is 59.3 Å². The molecule has 0 spiro atoms. The molecule has 17 heavy (non-hydrogen) atoms. The molecular weight excluding hydrogens is 222 g/mol. The van der Waals surface area contributed by atoms with Crippen molar-refractivity contribution in [1.82, 2.24) is 4.98 Å². The number of benzene rings is 1. The quantitative estimate of drug-likeness (QED) is 0.881. The summed E-state index contributed by atoms with van der Waals surface area (Å²) < 4.78 is 25.6. The zero-order valence-electron chi connectivity index (χ0n) is 9.37. The molecule has 0 fully saturated rings. The molecule has 0 amide bonds. The van der Waals surface area contributed by atoms with Gasteiger partial charge in [-0.15, -0.1) is 0 Å². The summed E-state index contributed by atoms with van der Waals surface area (Å²) >= 11 is 0. The van der Waals surface area contributed by atoms with Crippen LogP contribution >= 0.6 is 0 Å². The maximum Gasteiger partial charge on any atom is 0.159 e. The number of anilines is 1. The Hall–Kier alpha value is -1.97. The molecule has 0 saturated carbocycles. The van der Waals surface area contributed by atoms with Gasteiger partial charge in [0.25, 0.3) is 0 Å². The summed E-state index contributed by atoms with van der Waals surface area (Å²) in [6.45, 7) is 2.36. The number of nitrogens with one attached hydrogen (secondary N) is 1. The van der Waals surface area contributed by atoms with Gasteiger partial charge in [0.1, 0.15) is 5.82 Å². The van der Waals surface area contributed by atoms with E-state index in [0.29, 0.717) is 17.9 Å². The summed E-state index contributed by atoms with van der Waals surface area (Å²) in [5.74, 6) is -0.955. The average Bonchev–Trinajstić information content (AvgIpc) is 2.33. The molecular formula is C13H12F2N2. The Morgan fingerprint density at radius 3 is 2.59 bits per heavy atom. The third-order valence-corrected chi connectivity index (χ3v) is 2.37. The van der Waals surface area contributed by atoms with E-state index in [1.165, 1.54) is 6.07 Å². The van der Waals surface area contributed by atoms with E-state index in [1.54, 1.807) is 12.3 Å². The minimum Gasteiger partial charge on any atom is -0.366 e. The lowest BCUT2D eigenvalue weighted by atomic mass is 10.2. The molecule has 0 bridgehead atoms. The molecule has 1 aromatic heterocycles. The van der Waals surface area contributed by atoms with Gasteiger partial charge in [-0.3, -0.25) is 0 Å². The van der Waals surface area contributed by atoms with Crippen molar-refractivity contribution in [3.63, 3.8) is 0 Å². The second kappa shape index (κ2) is 4.91. The third kappa shape index (κ3) is 3.00. The van der Waals surface area contributed by atoms with Crippen LogP contribution in [0, 0.1) is 18.6 Å². The van der Waals surface area contributed by atoms with Crippen LogP contribution in [0.1, 0.15) is 11.1 Å². The molecule has 1 N–H and O–H groups in total. The lowest BCUT2D eigenvalue weighted by Crippen LogP contribution is -2.02. The van der Waals surface area contributed by atoms with Crippen LogP contribution in [0.5, 0.6) is 0 Å². The zero-order chi connectivity index (χ0) is 12.3. The first-order valence-corrected chi connectivity index (χ1v) is 5.25. The summed E-state index contributed by atoms with van der Waals surface area (Å²) in [6.07, 6.45) is 1.74. The maximum absolute atomic E-state index is 12.9. The van der Waals surface area contributed by atoms with Crippen molar-refractivity contribution in [2.24, 2.45) is 0 Å². The van der Waals surface area contributed by atoms with Gasteiger partial charge in [-0.05, 0) is 36.2 Å². The van der Waals surface area contributed by atoms with Crippen LogP contribution in [-0.4, -0.2) is 4.98 Å². The zero-order valence-corrected chi connectivity index (χ0v) is 9.37. The molecule has 2 rings (SSSR count). The number of rotatable bonds is 3. The number of aryl methyl sites for hydroxylation is 1. The molecule has 2 aromatic rings. The van der Waals surface area contributed by atoms with Gasteiger partial charge in [-0.1, -0.05) is 12.1 Å². The first kappa shape index (κ1) is 11.5. The van der Waals surface area contributed by atoms with Crippen LogP contribution in [0.3, 0.4) is 0 Å². The van der Waals surface area contributed by atoms with Crippen LogP contribution in [-0.2, 0) is 6.54 Å². The third-order valence-electron chi connectivity index (χ3n) is 2.37. The number of hydrogen-bond donors (Lipinski definition) is 1. The van der Waals surface area contributed by atoms with Crippen LogP contribution in [0.15, 0.2) is 36.5 Å². The summed E-state index contributed by atoms with van der Waals surface area (Å²) in [4.78, 5) is 4.15. The first-order valence-electron chi connectivity index (χ1n) is 5.25. The topological polar surface area (TPSA) is 24.9 Å². The molecule has 0 atom stereocenters. The van der Waals surface area contributed by atoms with E-state index >= 15 is 0 Å². The predicted octanol–water partition coefficient (Wildman–Crippen LogP) is 3.28. The number of aromatic nitrogens is 1. The van der Waals surface area contributed by atoms with Gasteiger partial charge in [0.2, 0.25) is 0 Å². The van der Waals surface area contributed by atoms with E-state index in [4.69, 9.17) is 0 Å². The van der Waals surface area contributed by atoms with Gasteiger partial charge in [-0.2, -0.15) is 0 Å². The molecule has 4 heteroatoms. The largest absolute Gasteiger partial charge is 0.366 e. The first-order chi connectivity index (χ1) is 8.15. The molecule has 0 unspecified atom stereocenters. The second-order valence-corrected chi connectivity index (χ2v) is 3.82. The number of halogens is 2. The molecule has 0 saturated heterocycles.